The Kier molecular flexibility index (Phi) is 7.15. The number of benzene rings is 3. The Bertz CT molecular complexity index is 1370. The van der Waals surface area contributed by atoms with Crippen molar-refractivity contribution in [2.75, 3.05) is 6.61 Å². The molecule has 1 aliphatic carbocycles. The Morgan fingerprint density at radius 3 is 2.35 bits per heavy atom. The monoisotopic (exact) mass is 513 g/mol. The van der Waals surface area contributed by atoms with Gasteiger partial charge in [-0.25, -0.2) is 4.79 Å². The van der Waals surface area contributed by atoms with Crippen LogP contribution in [0.25, 0.3) is 0 Å². The molecule has 0 saturated heterocycles. The zero-order valence-corrected chi connectivity index (χ0v) is 21.3. The summed E-state index contributed by atoms with van der Waals surface area (Å²) in [6.07, 6.45) is 1.59. The first kappa shape index (κ1) is 24.8. The van der Waals surface area contributed by atoms with Crippen LogP contribution in [0.1, 0.15) is 48.3 Å². The van der Waals surface area contributed by atoms with Gasteiger partial charge in [0.25, 0.3) is 0 Å². The van der Waals surface area contributed by atoms with E-state index in [4.69, 9.17) is 16.3 Å². The van der Waals surface area contributed by atoms with E-state index in [1.165, 1.54) is 0 Å². The van der Waals surface area contributed by atoms with Crippen molar-refractivity contribution in [2.24, 2.45) is 0 Å². The van der Waals surface area contributed by atoms with Gasteiger partial charge in [0.2, 0.25) is 0 Å². The normalized spacial score (nSPS) is 19.4. The summed E-state index contributed by atoms with van der Waals surface area (Å²) in [5.41, 5.74) is 5.42. The van der Waals surface area contributed by atoms with Gasteiger partial charge in [0.1, 0.15) is 5.75 Å². The molecular weight excluding hydrogens is 486 g/mol. The van der Waals surface area contributed by atoms with Gasteiger partial charge in [-0.2, -0.15) is 0 Å². The second kappa shape index (κ2) is 10.7. The third-order valence-electron chi connectivity index (χ3n) is 7.08. The fraction of sp³-hybridized carbons (Fsp3) is 0.226. The number of dihydropyridines is 1. The number of aromatic hydroxyl groups is 1. The van der Waals surface area contributed by atoms with Gasteiger partial charge >= 0.3 is 5.97 Å². The van der Waals surface area contributed by atoms with Crippen LogP contribution in [0.4, 0.5) is 0 Å². The van der Waals surface area contributed by atoms with Gasteiger partial charge in [-0.05, 0) is 60.2 Å². The summed E-state index contributed by atoms with van der Waals surface area (Å²) in [5.74, 6) is -0.882. The zero-order chi connectivity index (χ0) is 25.9. The van der Waals surface area contributed by atoms with E-state index >= 15 is 0 Å². The number of carbonyl (C=O) groups excluding carboxylic acids is 2. The van der Waals surface area contributed by atoms with Crippen molar-refractivity contribution in [1.29, 1.82) is 0 Å². The van der Waals surface area contributed by atoms with Crippen LogP contribution in [0, 0.1) is 0 Å². The van der Waals surface area contributed by atoms with E-state index in [-0.39, 0.29) is 24.1 Å². The minimum absolute atomic E-state index is 0.00568. The molecule has 2 aliphatic rings. The van der Waals surface area contributed by atoms with E-state index in [0.29, 0.717) is 41.1 Å². The van der Waals surface area contributed by atoms with Crippen LogP contribution >= 0.6 is 11.6 Å². The maximum atomic E-state index is 13.7. The molecule has 2 atom stereocenters. The number of Topliss-reactive ketones (excluding diaryl/α,β-unsaturated/α-hetero) is 1. The van der Waals surface area contributed by atoms with Crippen molar-refractivity contribution in [3.05, 3.63) is 123 Å². The van der Waals surface area contributed by atoms with E-state index in [9.17, 15) is 14.7 Å². The van der Waals surface area contributed by atoms with Crippen LogP contribution in [0.2, 0.25) is 5.02 Å². The maximum absolute atomic E-state index is 13.7. The average Bonchev–Trinajstić information content (AvgIpc) is 2.89. The fourth-order valence-electron chi connectivity index (χ4n) is 5.26. The second-order valence-corrected chi connectivity index (χ2v) is 9.97. The zero-order valence-electron chi connectivity index (χ0n) is 20.5. The SMILES string of the molecule is CC1=C(C(=O)OCCc2ccccc2)[C@@H](c2ccc(O)cc2)C2=C(C[C@H](c3ccc(Cl)cc3)CC2=O)N1. The molecule has 5 rings (SSSR count). The highest BCUT2D eigenvalue weighted by atomic mass is 35.5. The molecule has 0 fully saturated rings. The number of rotatable bonds is 6. The van der Waals surface area contributed by atoms with E-state index in [1.807, 2.05) is 61.5 Å². The van der Waals surface area contributed by atoms with Crippen LogP contribution in [0.15, 0.2) is 101 Å². The van der Waals surface area contributed by atoms with Gasteiger partial charge in [0, 0.05) is 40.7 Å². The predicted molar refractivity (Wildman–Crippen MR) is 143 cm³/mol. The van der Waals surface area contributed by atoms with Gasteiger partial charge in [-0.1, -0.05) is 66.2 Å². The van der Waals surface area contributed by atoms with E-state index in [1.54, 1.807) is 24.3 Å². The number of nitrogens with one attached hydrogen (secondary N) is 1. The first-order chi connectivity index (χ1) is 17.9. The summed E-state index contributed by atoms with van der Waals surface area (Å²) in [4.78, 5) is 27.1. The molecule has 0 radical (unpaired) electrons. The number of phenols is 1. The number of hydrogen-bond donors (Lipinski definition) is 2. The van der Waals surface area contributed by atoms with Gasteiger partial charge in [0.15, 0.2) is 5.78 Å². The Balaban J connectivity index is 1.45. The van der Waals surface area contributed by atoms with Gasteiger partial charge < -0.3 is 15.2 Å². The van der Waals surface area contributed by atoms with Crippen molar-refractivity contribution in [2.45, 2.75) is 38.0 Å². The summed E-state index contributed by atoms with van der Waals surface area (Å²) < 4.78 is 5.72. The summed E-state index contributed by atoms with van der Waals surface area (Å²) in [6, 6.07) is 24.1. The smallest absolute Gasteiger partial charge is 0.336 e. The maximum Gasteiger partial charge on any atom is 0.336 e. The second-order valence-electron chi connectivity index (χ2n) is 9.53. The fourth-order valence-corrected chi connectivity index (χ4v) is 5.39. The Morgan fingerprint density at radius 2 is 1.65 bits per heavy atom. The number of esters is 1. The quantitative estimate of drug-likeness (QED) is 0.384. The van der Waals surface area contributed by atoms with Crippen LogP contribution in [0.5, 0.6) is 5.75 Å². The summed E-state index contributed by atoms with van der Waals surface area (Å²) >= 11 is 6.07. The average molecular weight is 514 g/mol. The molecule has 0 unspecified atom stereocenters. The molecule has 6 heteroatoms. The topological polar surface area (TPSA) is 75.6 Å². The molecule has 1 heterocycles. The first-order valence-corrected chi connectivity index (χ1v) is 12.8. The molecule has 0 spiro atoms. The van der Waals surface area contributed by atoms with E-state index in [2.05, 4.69) is 5.32 Å². The van der Waals surface area contributed by atoms with Crippen LogP contribution in [-0.2, 0) is 20.7 Å². The number of carbonyl (C=O) groups is 2. The lowest BCUT2D eigenvalue weighted by Gasteiger charge is -2.36. The third kappa shape index (κ3) is 5.32. The molecule has 3 aromatic carbocycles. The van der Waals surface area contributed by atoms with Gasteiger partial charge in [0.05, 0.1) is 12.2 Å². The number of ketones is 1. The lowest BCUT2D eigenvalue weighted by Crippen LogP contribution is -2.36. The highest BCUT2D eigenvalue weighted by molar-refractivity contribution is 6.30. The third-order valence-corrected chi connectivity index (χ3v) is 7.33. The van der Waals surface area contributed by atoms with Crippen LogP contribution < -0.4 is 5.32 Å². The van der Waals surface area contributed by atoms with Crippen molar-refractivity contribution in [3.8, 4) is 5.75 Å². The molecule has 0 saturated carbocycles. The minimum Gasteiger partial charge on any atom is -0.508 e. The van der Waals surface area contributed by atoms with Crippen molar-refractivity contribution >= 4 is 23.4 Å². The summed E-state index contributed by atoms with van der Waals surface area (Å²) in [5, 5.41) is 13.9. The Morgan fingerprint density at radius 1 is 0.973 bits per heavy atom. The molecule has 0 amide bonds. The minimum atomic E-state index is -0.570. The standard InChI is InChI=1S/C31H28ClNO4/c1-19-28(31(36)37-16-15-20-5-3-2-4-6-20)29(22-9-13-25(34)14-10-22)30-26(33-19)17-23(18-27(30)35)21-7-11-24(32)12-8-21/h2-14,23,29,33-34H,15-18H2,1H3/t23-,29+/m0/s1. The van der Waals surface area contributed by atoms with Crippen molar-refractivity contribution in [3.63, 3.8) is 0 Å². The molecular formula is C31H28ClNO4. The number of allylic oxidation sites excluding steroid dienone is 3. The number of phenolic OH excluding ortho intramolecular Hbond substituents is 1. The largest absolute Gasteiger partial charge is 0.508 e. The van der Waals surface area contributed by atoms with E-state index < -0.39 is 11.9 Å². The number of ether oxygens (including phenoxy) is 1. The Labute approximate surface area is 221 Å². The first-order valence-electron chi connectivity index (χ1n) is 12.4. The van der Waals surface area contributed by atoms with Gasteiger partial charge in [-0.15, -0.1) is 0 Å². The molecule has 1 aliphatic heterocycles. The molecule has 3 aromatic rings. The highest BCUT2D eigenvalue weighted by Crippen LogP contribution is 2.46. The van der Waals surface area contributed by atoms with E-state index in [0.717, 1.165) is 22.4 Å². The summed E-state index contributed by atoms with van der Waals surface area (Å²) in [6.45, 7) is 2.09. The number of hydrogen-bond acceptors (Lipinski definition) is 5. The molecule has 0 bridgehead atoms. The van der Waals surface area contributed by atoms with Crippen LogP contribution in [-0.4, -0.2) is 23.5 Å². The molecule has 5 nitrogen and oxygen atoms in total. The molecule has 188 valence electrons. The van der Waals surface area contributed by atoms with Crippen LogP contribution in [0.3, 0.4) is 0 Å². The number of halogens is 1. The Hall–Kier alpha value is -3.83. The molecule has 37 heavy (non-hydrogen) atoms. The van der Waals surface area contributed by atoms with Crippen molar-refractivity contribution < 1.29 is 19.4 Å². The lowest BCUT2D eigenvalue weighted by molar-refractivity contribution is -0.139. The summed E-state index contributed by atoms with van der Waals surface area (Å²) in [7, 11) is 0. The molecule has 0 aromatic heterocycles. The van der Waals surface area contributed by atoms with Gasteiger partial charge in [-0.3, -0.25) is 4.79 Å². The predicted octanol–water partition coefficient (Wildman–Crippen LogP) is 6.19. The highest BCUT2D eigenvalue weighted by Gasteiger charge is 2.41. The molecule has 2 N–H and O–H groups in total. The van der Waals surface area contributed by atoms with Crippen molar-refractivity contribution in [1.82, 2.24) is 5.32 Å². The lowest BCUT2D eigenvalue weighted by atomic mass is 9.72.